The molecule has 1 atom stereocenters. The van der Waals surface area contributed by atoms with Crippen molar-refractivity contribution in [3.63, 3.8) is 0 Å². The third-order valence-corrected chi connectivity index (χ3v) is 7.78. The summed E-state index contributed by atoms with van der Waals surface area (Å²) in [6, 6.07) is 0. The normalized spacial score (nSPS) is 12.8. The Hall–Kier alpha value is -2.40. The Bertz CT molecular complexity index is 823. The number of ether oxygens (including phenoxy) is 2. The van der Waals surface area contributed by atoms with Crippen LogP contribution >= 0.6 is 0 Å². The summed E-state index contributed by atoms with van der Waals surface area (Å²) in [5.74, 6) is -0.649. The highest BCUT2D eigenvalue weighted by Crippen LogP contribution is 2.11. The van der Waals surface area contributed by atoms with Crippen molar-refractivity contribution in [3.05, 3.63) is 60.8 Å². The largest absolute Gasteiger partial charge is 0.462 e. The van der Waals surface area contributed by atoms with E-state index in [1.165, 1.54) is 77.0 Å². The van der Waals surface area contributed by atoms with E-state index in [1.807, 2.05) is 0 Å². The second-order valence-electron chi connectivity index (χ2n) is 12.3. The van der Waals surface area contributed by atoms with Gasteiger partial charge in [-0.05, 0) is 83.5 Å². The van der Waals surface area contributed by atoms with E-state index in [1.54, 1.807) is 0 Å². The van der Waals surface area contributed by atoms with Crippen LogP contribution in [0.4, 0.5) is 0 Å². The summed E-state index contributed by atoms with van der Waals surface area (Å²) in [5.41, 5.74) is 0. The maximum Gasteiger partial charge on any atom is 0.306 e. The van der Waals surface area contributed by atoms with E-state index in [0.29, 0.717) is 12.8 Å². The van der Waals surface area contributed by atoms with Crippen LogP contribution in [0, 0.1) is 0 Å². The van der Waals surface area contributed by atoms with E-state index in [4.69, 9.17) is 9.47 Å². The molecule has 0 aromatic heterocycles. The summed E-state index contributed by atoms with van der Waals surface area (Å²) in [4.78, 5) is 24.2. The van der Waals surface area contributed by atoms with E-state index in [-0.39, 0.29) is 25.2 Å². The first kappa shape index (κ1) is 43.6. The summed E-state index contributed by atoms with van der Waals surface area (Å²) < 4.78 is 10.6. The molecular weight excluding hydrogens is 572 g/mol. The van der Waals surface area contributed by atoms with Crippen molar-refractivity contribution in [1.82, 2.24) is 0 Å². The fourth-order valence-corrected chi connectivity index (χ4v) is 4.88. The monoisotopic (exact) mass is 643 g/mol. The molecule has 0 bridgehead atoms. The van der Waals surface area contributed by atoms with E-state index in [9.17, 15) is 14.7 Å². The van der Waals surface area contributed by atoms with Crippen molar-refractivity contribution >= 4 is 11.9 Å². The molecule has 5 nitrogen and oxygen atoms in total. The van der Waals surface area contributed by atoms with Gasteiger partial charge in [-0.1, -0.05) is 132 Å². The van der Waals surface area contributed by atoms with E-state index in [2.05, 4.69) is 74.6 Å². The summed E-state index contributed by atoms with van der Waals surface area (Å²) in [6.07, 6.45) is 47.0. The van der Waals surface area contributed by atoms with Crippen molar-refractivity contribution in [2.75, 3.05) is 13.2 Å². The number of allylic oxidation sites excluding steroid dienone is 10. The van der Waals surface area contributed by atoms with Gasteiger partial charge >= 0.3 is 11.9 Å². The number of unbranched alkanes of at least 4 members (excludes halogenated alkanes) is 15. The first-order valence-electron chi connectivity index (χ1n) is 18.8. The molecule has 0 rings (SSSR count). The molecule has 0 aliphatic heterocycles. The summed E-state index contributed by atoms with van der Waals surface area (Å²) >= 11 is 0. The zero-order chi connectivity index (χ0) is 33.6. The molecule has 0 aliphatic carbocycles. The lowest BCUT2D eigenvalue weighted by Crippen LogP contribution is -2.28. The summed E-state index contributed by atoms with van der Waals surface area (Å²) in [6.45, 7) is 4.03. The van der Waals surface area contributed by atoms with E-state index in [0.717, 1.165) is 64.2 Å². The highest BCUT2D eigenvalue weighted by molar-refractivity contribution is 5.70. The minimum atomic E-state index is -0.795. The molecule has 0 amide bonds. The van der Waals surface area contributed by atoms with Gasteiger partial charge in [0.2, 0.25) is 0 Å². The number of carbonyl (C=O) groups is 2. The number of hydrogen-bond acceptors (Lipinski definition) is 5. The Labute approximate surface area is 283 Å². The number of carbonyl (C=O) groups excluding carboxylic acids is 2. The SMILES string of the molecule is CCCCCC=CCC=CCC=CCCCCC(=O)O[C@@H](CO)COC(=O)CCCCCCCCCC=CCC=CCCCCC. The van der Waals surface area contributed by atoms with Crippen molar-refractivity contribution < 1.29 is 24.2 Å². The fraction of sp³-hybridized carbons (Fsp3) is 0.707. The van der Waals surface area contributed by atoms with Gasteiger partial charge in [0.1, 0.15) is 6.61 Å². The number of aliphatic hydroxyl groups excluding tert-OH is 1. The third kappa shape index (κ3) is 34.5. The molecule has 0 radical (unpaired) electrons. The van der Waals surface area contributed by atoms with Gasteiger partial charge in [-0.2, -0.15) is 0 Å². The average molecular weight is 643 g/mol. The first-order chi connectivity index (χ1) is 22.6. The quantitative estimate of drug-likeness (QED) is 0.0438. The number of esters is 2. The zero-order valence-corrected chi connectivity index (χ0v) is 29.8. The van der Waals surface area contributed by atoms with Crippen LogP contribution in [-0.4, -0.2) is 36.4 Å². The van der Waals surface area contributed by atoms with Crippen molar-refractivity contribution in [1.29, 1.82) is 0 Å². The summed E-state index contributed by atoms with van der Waals surface area (Å²) in [7, 11) is 0. The molecule has 0 fully saturated rings. The molecular formula is C41H70O5. The third-order valence-electron chi connectivity index (χ3n) is 7.78. The molecule has 5 heteroatoms. The minimum absolute atomic E-state index is 0.0876. The Kier molecular flexibility index (Phi) is 35.1. The second kappa shape index (κ2) is 37.1. The number of aliphatic hydroxyl groups is 1. The van der Waals surface area contributed by atoms with Crippen molar-refractivity contribution in [2.24, 2.45) is 0 Å². The van der Waals surface area contributed by atoms with Crippen LogP contribution in [0.25, 0.3) is 0 Å². The van der Waals surface area contributed by atoms with Gasteiger partial charge in [-0.3, -0.25) is 9.59 Å². The molecule has 0 unspecified atom stereocenters. The van der Waals surface area contributed by atoms with E-state index >= 15 is 0 Å². The fourth-order valence-electron chi connectivity index (χ4n) is 4.88. The predicted octanol–water partition coefficient (Wildman–Crippen LogP) is 11.6. The smallest absolute Gasteiger partial charge is 0.306 e. The number of rotatable bonds is 33. The highest BCUT2D eigenvalue weighted by Gasteiger charge is 2.16. The maximum absolute atomic E-state index is 12.1. The van der Waals surface area contributed by atoms with Gasteiger partial charge in [0.25, 0.3) is 0 Å². The van der Waals surface area contributed by atoms with Crippen LogP contribution in [0.3, 0.4) is 0 Å². The van der Waals surface area contributed by atoms with Crippen molar-refractivity contribution in [2.45, 2.75) is 174 Å². The topological polar surface area (TPSA) is 72.8 Å². The first-order valence-corrected chi connectivity index (χ1v) is 18.8. The minimum Gasteiger partial charge on any atom is -0.462 e. The lowest BCUT2D eigenvalue weighted by atomic mass is 10.1. The standard InChI is InChI=1S/C41H70O5/c1-3-5-7-9-11-13-15-17-19-20-22-23-25-27-29-31-33-35-40(43)45-38-39(37-42)46-41(44)36-34-32-30-28-26-24-21-18-16-14-12-10-8-6-4-2/h11-14,17-19,21,26,28,39,42H,3-10,15-16,20,22-25,27,29-38H2,1-2H3/t39-/m0/s1. The number of hydrogen-bond donors (Lipinski definition) is 1. The predicted molar refractivity (Wildman–Crippen MR) is 196 cm³/mol. The van der Waals surface area contributed by atoms with Gasteiger partial charge in [0, 0.05) is 12.8 Å². The van der Waals surface area contributed by atoms with Crippen LogP contribution in [0.1, 0.15) is 168 Å². The molecule has 0 aromatic carbocycles. The Morgan fingerprint density at radius 3 is 1.35 bits per heavy atom. The lowest BCUT2D eigenvalue weighted by Gasteiger charge is -2.15. The van der Waals surface area contributed by atoms with Gasteiger partial charge < -0.3 is 14.6 Å². The van der Waals surface area contributed by atoms with Gasteiger partial charge in [0.05, 0.1) is 6.61 Å². The van der Waals surface area contributed by atoms with Crippen LogP contribution in [-0.2, 0) is 19.1 Å². The molecule has 0 heterocycles. The molecule has 0 saturated carbocycles. The Balaban J connectivity index is 3.66. The highest BCUT2D eigenvalue weighted by atomic mass is 16.6. The molecule has 0 saturated heterocycles. The van der Waals surface area contributed by atoms with Gasteiger partial charge in [-0.25, -0.2) is 0 Å². The lowest BCUT2D eigenvalue weighted by molar-refractivity contribution is -0.161. The molecule has 46 heavy (non-hydrogen) atoms. The van der Waals surface area contributed by atoms with Gasteiger partial charge in [-0.15, -0.1) is 0 Å². The Morgan fingerprint density at radius 2 is 0.870 bits per heavy atom. The maximum atomic E-state index is 12.1. The van der Waals surface area contributed by atoms with Crippen LogP contribution in [0.5, 0.6) is 0 Å². The molecule has 264 valence electrons. The molecule has 0 aliphatic rings. The van der Waals surface area contributed by atoms with E-state index < -0.39 is 6.10 Å². The van der Waals surface area contributed by atoms with Gasteiger partial charge in [0.15, 0.2) is 6.10 Å². The van der Waals surface area contributed by atoms with Crippen LogP contribution in [0.15, 0.2) is 60.8 Å². The molecule has 0 spiro atoms. The summed E-state index contributed by atoms with van der Waals surface area (Å²) in [5, 5.41) is 9.53. The van der Waals surface area contributed by atoms with Crippen molar-refractivity contribution in [3.8, 4) is 0 Å². The molecule has 0 aromatic rings. The zero-order valence-electron chi connectivity index (χ0n) is 29.8. The Morgan fingerprint density at radius 1 is 0.500 bits per heavy atom. The van der Waals surface area contributed by atoms with Crippen LogP contribution in [0.2, 0.25) is 0 Å². The van der Waals surface area contributed by atoms with Crippen LogP contribution < -0.4 is 0 Å². The average Bonchev–Trinajstić information content (AvgIpc) is 3.06. The second-order valence-corrected chi connectivity index (χ2v) is 12.3. The molecule has 1 N–H and O–H groups in total.